The van der Waals surface area contributed by atoms with E-state index < -0.39 is 0 Å². The highest BCUT2D eigenvalue weighted by molar-refractivity contribution is 6.05. The molecule has 3 nitrogen and oxygen atoms in total. The van der Waals surface area contributed by atoms with Crippen LogP contribution in [0.3, 0.4) is 0 Å². The zero-order valence-corrected chi connectivity index (χ0v) is 11.0. The molecule has 0 aromatic rings. The largest absolute Gasteiger partial charge is 0.462 e. The number of esters is 1. The number of ketones is 1. The van der Waals surface area contributed by atoms with E-state index in [1.54, 1.807) is 6.08 Å². The molecule has 4 atom stereocenters. The van der Waals surface area contributed by atoms with Crippen LogP contribution in [0.25, 0.3) is 0 Å². The highest BCUT2D eigenvalue weighted by Gasteiger charge is 2.51. The van der Waals surface area contributed by atoms with Gasteiger partial charge in [0.1, 0.15) is 6.10 Å². The van der Waals surface area contributed by atoms with E-state index in [4.69, 9.17) is 4.74 Å². The molecular weight excluding hydrogens is 228 g/mol. The fraction of sp³-hybridized carbons (Fsp3) is 0.600. The molecule has 0 bridgehead atoms. The van der Waals surface area contributed by atoms with Crippen LogP contribution in [0.1, 0.15) is 33.6 Å². The van der Waals surface area contributed by atoms with Gasteiger partial charge in [-0.3, -0.25) is 9.59 Å². The second kappa shape index (κ2) is 3.56. The molecule has 96 valence electrons. The summed E-state index contributed by atoms with van der Waals surface area (Å²) < 4.78 is 5.47. The van der Waals surface area contributed by atoms with Gasteiger partial charge in [0.05, 0.1) is 5.92 Å². The standard InChI is InChI=1S/C15H18O3/c1-8-10-6-11-9(2)12(16)4-5-15(11,3)7-13(10)18-14(8)17/h4-5,8,10,13H,6-7H2,1-3H3/t8-,10+,13+,15+/m0/s1. The van der Waals surface area contributed by atoms with Gasteiger partial charge in [-0.05, 0) is 31.4 Å². The summed E-state index contributed by atoms with van der Waals surface area (Å²) in [6, 6.07) is 0. The number of allylic oxidation sites excluding steroid dienone is 4. The molecule has 0 radical (unpaired) electrons. The van der Waals surface area contributed by atoms with Crippen molar-refractivity contribution >= 4 is 11.8 Å². The highest BCUT2D eigenvalue weighted by atomic mass is 16.6. The Morgan fingerprint density at radius 3 is 2.83 bits per heavy atom. The maximum Gasteiger partial charge on any atom is 0.309 e. The Bertz CT molecular complexity index is 500. The normalized spacial score (nSPS) is 42.7. The Morgan fingerprint density at radius 1 is 1.39 bits per heavy atom. The van der Waals surface area contributed by atoms with Gasteiger partial charge in [0, 0.05) is 11.3 Å². The lowest BCUT2D eigenvalue weighted by Crippen LogP contribution is -2.38. The van der Waals surface area contributed by atoms with E-state index in [1.165, 1.54) is 5.57 Å². The summed E-state index contributed by atoms with van der Waals surface area (Å²) >= 11 is 0. The molecule has 0 spiro atoms. The molecule has 1 saturated carbocycles. The summed E-state index contributed by atoms with van der Waals surface area (Å²) in [6.07, 6.45) is 5.30. The minimum atomic E-state index is -0.108. The van der Waals surface area contributed by atoms with Crippen LogP contribution in [-0.2, 0) is 14.3 Å². The van der Waals surface area contributed by atoms with E-state index in [0.717, 1.165) is 18.4 Å². The third-order valence-corrected chi connectivity index (χ3v) is 4.94. The molecule has 3 rings (SSSR count). The number of rotatable bonds is 0. The average Bonchev–Trinajstić information content (AvgIpc) is 2.58. The van der Waals surface area contributed by atoms with Gasteiger partial charge >= 0.3 is 5.97 Å². The molecule has 2 aliphatic carbocycles. The summed E-state index contributed by atoms with van der Waals surface area (Å²) in [5.74, 6) is 0.232. The van der Waals surface area contributed by atoms with Crippen molar-refractivity contribution in [3.63, 3.8) is 0 Å². The van der Waals surface area contributed by atoms with Crippen LogP contribution in [0.5, 0.6) is 0 Å². The van der Waals surface area contributed by atoms with Crippen LogP contribution in [0.2, 0.25) is 0 Å². The molecule has 1 heterocycles. The molecule has 3 aliphatic rings. The molecule has 1 saturated heterocycles. The number of fused-ring (bicyclic) bond motifs is 2. The summed E-state index contributed by atoms with van der Waals surface area (Å²) in [5.41, 5.74) is 1.97. The van der Waals surface area contributed by atoms with Crippen molar-refractivity contribution < 1.29 is 14.3 Å². The average molecular weight is 246 g/mol. The number of hydrogen-bond donors (Lipinski definition) is 0. The highest BCUT2D eigenvalue weighted by Crippen LogP contribution is 2.52. The van der Waals surface area contributed by atoms with Crippen molar-refractivity contribution in [3.8, 4) is 0 Å². The molecular formula is C15H18O3. The summed E-state index contributed by atoms with van der Waals surface area (Å²) in [7, 11) is 0. The van der Waals surface area contributed by atoms with Crippen molar-refractivity contribution in [2.75, 3.05) is 0 Å². The first-order chi connectivity index (χ1) is 8.42. The maximum atomic E-state index is 11.8. The third kappa shape index (κ3) is 1.43. The van der Waals surface area contributed by atoms with Crippen LogP contribution >= 0.6 is 0 Å². The minimum Gasteiger partial charge on any atom is -0.462 e. The number of carbonyl (C=O) groups excluding carboxylic acids is 2. The summed E-state index contributed by atoms with van der Waals surface area (Å²) in [5, 5.41) is 0. The molecule has 1 aliphatic heterocycles. The topological polar surface area (TPSA) is 43.4 Å². The first-order valence-electron chi connectivity index (χ1n) is 6.57. The van der Waals surface area contributed by atoms with Gasteiger partial charge in [-0.2, -0.15) is 0 Å². The Labute approximate surface area is 107 Å². The third-order valence-electron chi connectivity index (χ3n) is 4.94. The van der Waals surface area contributed by atoms with Crippen LogP contribution in [0.4, 0.5) is 0 Å². The zero-order chi connectivity index (χ0) is 13.1. The first kappa shape index (κ1) is 11.7. The van der Waals surface area contributed by atoms with Crippen LogP contribution in [0, 0.1) is 17.3 Å². The monoisotopic (exact) mass is 246 g/mol. The Kier molecular flexibility index (Phi) is 2.31. The lowest BCUT2D eigenvalue weighted by molar-refractivity contribution is -0.144. The Balaban J connectivity index is 2.02. The molecule has 0 unspecified atom stereocenters. The van der Waals surface area contributed by atoms with E-state index >= 15 is 0 Å². The van der Waals surface area contributed by atoms with E-state index in [0.29, 0.717) is 0 Å². The minimum absolute atomic E-state index is 0.0203. The second-order valence-electron chi connectivity index (χ2n) is 6.05. The van der Waals surface area contributed by atoms with Gasteiger partial charge in [-0.25, -0.2) is 0 Å². The number of hydrogen-bond acceptors (Lipinski definition) is 3. The van der Waals surface area contributed by atoms with Crippen molar-refractivity contribution in [1.82, 2.24) is 0 Å². The van der Waals surface area contributed by atoms with Crippen LogP contribution in [-0.4, -0.2) is 17.9 Å². The van der Waals surface area contributed by atoms with E-state index in [2.05, 4.69) is 6.92 Å². The predicted molar refractivity (Wildman–Crippen MR) is 66.7 cm³/mol. The Morgan fingerprint density at radius 2 is 2.11 bits per heavy atom. The van der Waals surface area contributed by atoms with E-state index in [1.807, 2.05) is 19.9 Å². The maximum absolute atomic E-state index is 11.8. The van der Waals surface area contributed by atoms with Gasteiger partial charge in [0.25, 0.3) is 0 Å². The Hall–Kier alpha value is -1.38. The van der Waals surface area contributed by atoms with Gasteiger partial charge in [-0.1, -0.05) is 25.5 Å². The van der Waals surface area contributed by atoms with Gasteiger partial charge in [0.2, 0.25) is 0 Å². The van der Waals surface area contributed by atoms with Crippen molar-refractivity contribution in [1.29, 1.82) is 0 Å². The van der Waals surface area contributed by atoms with Gasteiger partial charge in [-0.15, -0.1) is 0 Å². The molecule has 0 aromatic heterocycles. The quantitative estimate of drug-likeness (QED) is 0.616. The molecule has 0 N–H and O–H groups in total. The van der Waals surface area contributed by atoms with E-state index in [-0.39, 0.29) is 35.1 Å². The molecule has 18 heavy (non-hydrogen) atoms. The van der Waals surface area contributed by atoms with Crippen molar-refractivity contribution in [2.24, 2.45) is 17.3 Å². The fourth-order valence-electron chi connectivity index (χ4n) is 3.64. The van der Waals surface area contributed by atoms with Crippen molar-refractivity contribution in [2.45, 2.75) is 39.7 Å². The van der Waals surface area contributed by atoms with Gasteiger partial charge in [0.15, 0.2) is 5.78 Å². The second-order valence-corrected chi connectivity index (χ2v) is 6.05. The fourth-order valence-corrected chi connectivity index (χ4v) is 3.64. The lowest BCUT2D eigenvalue weighted by atomic mass is 9.62. The summed E-state index contributed by atoms with van der Waals surface area (Å²) in [4.78, 5) is 23.5. The molecule has 3 heteroatoms. The van der Waals surface area contributed by atoms with Crippen LogP contribution < -0.4 is 0 Å². The first-order valence-corrected chi connectivity index (χ1v) is 6.57. The zero-order valence-electron chi connectivity index (χ0n) is 11.0. The van der Waals surface area contributed by atoms with E-state index in [9.17, 15) is 9.59 Å². The van der Waals surface area contributed by atoms with Crippen molar-refractivity contribution in [3.05, 3.63) is 23.3 Å². The number of ether oxygens (including phenoxy) is 1. The van der Waals surface area contributed by atoms with Crippen LogP contribution in [0.15, 0.2) is 23.3 Å². The number of carbonyl (C=O) groups is 2. The smallest absolute Gasteiger partial charge is 0.309 e. The molecule has 0 amide bonds. The molecule has 0 aromatic carbocycles. The summed E-state index contributed by atoms with van der Waals surface area (Å²) in [6.45, 7) is 5.98. The predicted octanol–water partition coefficient (Wildman–Crippen LogP) is 2.42. The van der Waals surface area contributed by atoms with Gasteiger partial charge < -0.3 is 4.74 Å². The lowest BCUT2D eigenvalue weighted by Gasteiger charge is -2.42. The SMILES string of the molecule is CC1=C2C[C@@H]3[C@H](C)C(=O)O[C@@H]3C[C@@]2(C)C=CC1=O. The molecule has 2 fully saturated rings.